The standard InChI is InChI=1S/C22H29ClN2O2/c1-26-21-11-8-18(14-22(21)27-2)20(25-12-4-3-5-13-25)16-24-15-17-6-9-19(23)10-7-17/h6-11,14,20,24H,3-5,12-13,15-16H2,1-2H3. The SMILES string of the molecule is COc1ccc(C(CNCc2ccc(Cl)cc2)N2CCCCC2)cc1OC. The summed E-state index contributed by atoms with van der Waals surface area (Å²) in [6.07, 6.45) is 3.86. The summed E-state index contributed by atoms with van der Waals surface area (Å²) in [7, 11) is 3.36. The second-order valence-electron chi connectivity index (χ2n) is 6.98. The fraction of sp³-hybridized carbons (Fsp3) is 0.455. The van der Waals surface area contributed by atoms with Crippen LogP contribution in [0.1, 0.15) is 36.4 Å². The number of hydrogen-bond acceptors (Lipinski definition) is 4. The number of nitrogens with one attached hydrogen (secondary N) is 1. The van der Waals surface area contributed by atoms with Gasteiger partial charge in [0.05, 0.1) is 14.2 Å². The van der Waals surface area contributed by atoms with Gasteiger partial charge in [0.1, 0.15) is 0 Å². The van der Waals surface area contributed by atoms with Gasteiger partial charge in [-0.1, -0.05) is 36.2 Å². The third-order valence-electron chi connectivity index (χ3n) is 5.20. The van der Waals surface area contributed by atoms with Crippen molar-refractivity contribution < 1.29 is 9.47 Å². The lowest BCUT2D eigenvalue weighted by molar-refractivity contribution is 0.160. The zero-order chi connectivity index (χ0) is 19.1. The zero-order valence-corrected chi connectivity index (χ0v) is 17.0. The minimum atomic E-state index is 0.317. The number of piperidine rings is 1. The molecule has 1 aliphatic rings. The molecule has 3 rings (SSSR count). The Morgan fingerprint density at radius 1 is 0.963 bits per heavy atom. The fourth-order valence-electron chi connectivity index (χ4n) is 3.70. The molecule has 1 aliphatic heterocycles. The van der Waals surface area contributed by atoms with E-state index in [1.165, 1.54) is 30.4 Å². The summed E-state index contributed by atoms with van der Waals surface area (Å²) < 4.78 is 10.9. The molecule has 0 amide bonds. The molecule has 1 atom stereocenters. The summed E-state index contributed by atoms with van der Waals surface area (Å²) in [6.45, 7) is 4.00. The largest absolute Gasteiger partial charge is 0.493 e. The minimum Gasteiger partial charge on any atom is -0.493 e. The van der Waals surface area contributed by atoms with Crippen LogP contribution in [0.25, 0.3) is 0 Å². The number of halogens is 1. The topological polar surface area (TPSA) is 33.7 Å². The molecule has 4 nitrogen and oxygen atoms in total. The van der Waals surface area contributed by atoms with Crippen molar-refractivity contribution in [1.29, 1.82) is 0 Å². The monoisotopic (exact) mass is 388 g/mol. The molecular formula is C22H29ClN2O2. The molecule has 1 saturated heterocycles. The molecule has 0 spiro atoms. The molecule has 1 unspecified atom stereocenters. The predicted octanol–water partition coefficient (Wildman–Crippen LogP) is 4.67. The van der Waals surface area contributed by atoms with E-state index in [1.807, 2.05) is 18.2 Å². The summed E-state index contributed by atoms with van der Waals surface area (Å²) in [6, 6.07) is 14.6. The van der Waals surface area contributed by atoms with Gasteiger partial charge in [0, 0.05) is 24.2 Å². The number of ether oxygens (including phenoxy) is 2. The van der Waals surface area contributed by atoms with Crippen molar-refractivity contribution in [3.05, 3.63) is 58.6 Å². The van der Waals surface area contributed by atoms with Gasteiger partial charge in [-0.05, 0) is 61.3 Å². The average molecular weight is 389 g/mol. The van der Waals surface area contributed by atoms with Gasteiger partial charge in [0.25, 0.3) is 0 Å². The number of benzene rings is 2. The Morgan fingerprint density at radius 2 is 1.67 bits per heavy atom. The van der Waals surface area contributed by atoms with E-state index in [0.717, 1.165) is 42.7 Å². The van der Waals surface area contributed by atoms with E-state index >= 15 is 0 Å². The highest BCUT2D eigenvalue weighted by atomic mass is 35.5. The van der Waals surface area contributed by atoms with Gasteiger partial charge in [-0.3, -0.25) is 4.90 Å². The van der Waals surface area contributed by atoms with Crippen LogP contribution in [0.4, 0.5) is 0 Å². The second kappa shape index (κ2) is 9.98. The molecule has 0 saturated carbocycles. The number of nitrogens with zero attached hydrogens (tertiary/aromatic N) is 1. The summed E-state index contributed by atoms with van der Waals surface area (Å²) >= 11 is 5.98. The number of rotatable bonds is 8. The van der Waals surface area contributed by atoms with Crippen molar-refractivity contribution >= 4 is 11.6 Å². The van der Waals surface area contributed by atoms with Crippen LogP contribution >= 0.6 is 11.6 Å². The van der Waals surface area contributed by atoms with E-state index in [0.29, 0.717) is 6.04 Å². The average Bonchev–Trinajstić information content (AvgIpc) is 2.72. The summed E-state index contributed by atoms with van der Waals surface area (Å²) in [5.41, 5.74) is 2.50. The maximum Gasteiger partial charge on any atom is 0.161 e. The third-order valence-corrected chi connectivity index (χ3v) is 5.46. The van der Waals surface area contributed by atoms with Gasteiger partial charge in [0.15, 0.2) is 11.5 Å². The first-order valence-electron chi connectivity index (χ1n) is 9.62. The van der Waals surface area contributed by atoms with Gasteiger partial charge in [-0.2, -0.15) is 0 Å². The van der Waals surface area contributed by atoms with Crippen LogP contribution in [-0.4, -0.2) is 38.8 Å². The Bertz CT molecular complexity index is 715. The maximum absolute atomic E-state index is 5.98. The smallest absolute Gasteiger partial charge is 0.161 e. The molecule has 27 heavy (non-hydrogen) atoms. The molecule has 2 aromatic carbocycles. The summed E-state index contributed by atoms with van der Waals surface area (Å²) in [4.78, 5) is 2.58. The van der Waals surface area contributed by atoms with Crippen LogP contribution in [0.5, 0.6) is 11.5 Å². The molecular weight excluding hydrogens is 360 g/mol. The second-order valence-corrected chi connectivity index (χ2v) is 7.42. The molecule has 146 valence electrons. The van der Waals surface area contributed by atoms with Gasteiger partial charge >= 0.3 is 0 Å². The van der Waals surface area contributed by atoms with E-state index in [2.05, 4.69) is 34.5 Å². The molecule has 1 heterocycles. The van der Waals surface area contributed by atoms with Crippen molar-refractivity contribution in [2.45, 2.75) is 31.8 Å². The zero-order valence-electron chi connectivity index (χ0n) is 16.2. The lowest BCUT2D eigenvalue weighted by Crippen LogP contribution is -2.39. The molecule has 0 radical (unpaired) electrons. The number of likely N-dealkylation sites (tertiary alicyclic amines) is 1. The Balaban J connectivity index is 1.73. The number of hydrogen-bond donors (Lipinski definition) is 1. The summed E-state index contributed by atoms with van der Waals surface area (Å²) in [5, 5.41) is 4.40. The van der Waals surface area contributed by atoms with Gasteiger partial charge < -0.3 is 14.8 Å². The van der Waals surface area contributed by atoms with Crippen molar-refractivity contribution in [1.82, 2.24) is 10.2 Å². The molecule has 2 aromatic rings. The predicted molar refractivity (Wildman–Crippen MR) is 111 cm³/mol. The van der Waals surface area contributed by atoms with Crippen molar-refractivity contribution in [2.75, 3.05) is 33.9 Å². The van der Waals surface area contributed by atoms with Crippen LogP contribution in [0.3, 0.4) is 0 Å². The van der Waals surface area contributed by atoms with E-state index < -0.39 is 0 Å². The molecule has 1 N–H and O–H groups in total. The minimum absolute atomic E-state index is 0.317. The molecule has 0 aromatic heterocycles. The van der Waals surface area contributed by atoms with E-state index in [9.17, 15) is 0 Å². The van der Waals surface area contributed by atoms with Crippen LogP contribution < -0.4 is 14.8 Å². The van der Waals surface area contributed by atoms with Crippen LogP contribution in [0.15, 0.2) is 42.5 Å². The van der Waals surface area contributed by atoms with Crippen LogP contribution in [0.2, 0.25) is 5.02 Å². The Labute approximate surface area is 167 Å². The van der Waals surface area contributed by atoms with Crippen molar-refractivity contribution in [3.63, 3.8) is 0 Å². The first-order valence-corrected chi connectivity index (χ1v) is 10.00. The van der Waals surface area contributed by atoms with Crippen LogP contribution in [0, 0.1) is 0 Å². The lowest BCUT2D eigenvalue weighted by Gasteiger charge is -2.35. The Morgan fingerprint density at radius 3 is 2.33 bits per heavy atom. The van der Waals surface area contributed by atoms with E-state index in [-0.39, 0.29) is 0 Å². The molecule has 5 heteroatoms. The maximum atomic E-state index is 5.98. The first-order chi connectivity index (χ1) is 13.2. The fourth-order valence-corrected chi connectivity index (χ4v) is 3.83. The molecule has 1 fully saturated rings. The highest BCUT2D eigenvalue weighted by Crippen LogP contribution is 2.32. The van der Waals surface area contributed by atoms with Crippen LogP contribution in [-0.2, 0) is 6.54 Å². The molecule has 0 bridgehead atoms. The summed E-state index contributed by atoms with van der Waals surface area (Å²) in [5.74, 6) is 1.56. The highest BCUT2D eigenvalue weighted by molar-refractivity contribution is 6.30. The van der Waals surface area contributed by atoms with Gasteiger partial charge in [-0.15, -0.1) is 0 Å². The third kappa shape index (κ3) is 5.38. The van der Waals surface area contributed by atoms with Gasteiger partial charge in [-0.25, -0.2) is 0 Å². The molecule has 0 aliphatic carbocycles. The normalized spacial score (nSPS) is 16.1. The van der Waals surface area contributed by atoms with E-state index in [1.54, 1.807) is 14.2 Å². The van der Waals surface area contributed by atoms with Gasteiger partial charge in [0.2, 0.25) is 0 Å². The van der Waals surface area contributed by atoms with Crippen molar-refractivity contribution in [3.8, 4) is 11.5 Å². The first kappa shape index (κ1) is 20.0. The van der Waals surface area contributed by atoms with Crippen molar-refractivity contribution in [2.24, 2.45) is 0 Å². The Hall–Kier alpha value is -1.75. The number of methoxy groups -OCH3 is 2. The quantitative estimate of drug-likeness (QED) is 0.712. The Kier molecular flexibility index (Phi) is 7.39. The highest BCUT2D eigenvalue weighted by Gasteiger charge is 2.23. The lowest BCUT2D eigenvalue weighted by atomic mass is 10.0. The van der Waals surface area contributed by atoms with E-state index in [4.69, 9.17) is 21.1 Å².